The van der Waals surface area contributed by atoms with Crippen molar-refractivity contribution in [2.75, 3.05) is 11.9 Å². The summed E-state index contributed by atoms with van der Waals surface area (Å²) in [7, 11) is 0. The highest BCUT2D eigenvalue weighted by Gasteiger charge is 2.18. The van der Waals surface area contributed by atoms with Gasteiger partial charge in [0.05, 0.1) is 23.3 Å². The summed E-state index contributed by atoms with van der Waals surface area (Å²) in [6.45, 7) is 4.02. The number of carbonyl (C=O) groups excluding carboxylic acids is 1. The van der Waals surface area contributed by atoms with Gasteiger partial charge in [-0.15, -0.1) is 11.3 Å². The highest BCUT2D eigenvalue weighted by atomic mass is 32.1. The van der Waals surface area contributed by atoms with Gasteiger partial charge < -0.3 is 10.1 Å². The smallest absolute Gasteiger partial charge is 0.262 e. The maximum absolute atomic E-state index is 14.2. The number of aromatic nitrogens is 1. The Labute approximate surface area is 203 Å². The van der Waals surface area contributed by atoms with Crippen molar-refractivity contribution >= 4 is 34.8 Å². The first-order valence-corrected chi connectivity index (χ1v) is 11.6. The monoisotopic (exact) mass is 490 g/mol. The van der Waals surface area contributed by atoms with Gasteiger partial charge in [0.1, 0.15) is 17.4 Å². The first-order valence-electron chi connectivity index (χ1n) is 10.8. The van der Waals surface area contributed by atoms with E-state index < -0.39 is 11.6 Å². The molecule has 1 N–H and O–H groups in total. The van der Waals surface area contributed by atoms with Gasteiger partial charge >= 0.3 is 0 Å². The number of aryl methyl sites for hydroxylation is 2. The molecule has 6 nitrogen and oxygen atoms in total. The minimum Gasteiger partial charge on any atom is -0.482 e. The Bertz CT molecular complexity index is 1560. The van der Waals surface area contributed by atoms with Gasteiger partial charge in [-0.3, -0.25) is 4.79 Å². The van der Waals surface area contributed by atoms with Crippen molar-refractivity contribution in [3.63, 3.8) is 0 Å². The molecule has 1 aliphatic rings. The molecule has 3 aromatic carbocycles. The zero-order valence-corrected chi connectivity index (χ0v) is 19.7. The van der Waals surface area contributed by atoms with E-state index in [1.807, 2.05) is 43.5 Å². The third kappa shape index (κ3) is 4.76. The van der Waals surface area contributed by atoms with Gasteiger partial charge in [0.25, 0.3) is 5.91 Å². The van der Waals surface area contributed by atoms with Crippen molar-refractivity contribution in [2.24, 2.45) is 10.1 Å². The van der Waals surface area contributed by atoms with Crippen LogP contribution in [0, 0.1) is 25.5 Å². The van der Waals surface area contributed by atoms with Crippen molar-refractivity contribution in [1.82, 2.24) is 4.68 Å². The lowest BCUT2D eigenvalue weighted by Gasteiger charge is -2.18. The fourth-order valence-electron chi connectivity index (χ4n) is 3.56. The number of nitrogens with zero attached hydrogens (tertiary/aromatic N) is 3. The van der Waals surface area contributed by atoms with Gasteiger partial charge in [-0.25, -0.2) is 18.4 Å². The molecule has 4 aromatic rings. The van der Waals surface area contributed by atoms with Crippen LogP contribution in [0.25, 0.3) is 11.3 Å². The molecule has 0 radical (unpaired) electrons. The highest BCUT2D eigenvalue weighted by molar-refractivity contribution is 7.07. The van der Waals surface area contributed by atoms with Crippen LogP contribution in [-0.4, -0.2) is 23.4 Å². The normalized spacial score (nSPS) is 13.6. The van der Waals surface area contributed by atoms with Crippen LogP contribution in [0.1, 0.15) is 16.7 Å². The number of ether oxygens (including phenoxy) is 1. The SMILES string of the molecule is Cc1ccc(N=c2scc(-c3ccc4c(c3)NC(=O)CO4)n2N=Cc2ccc(F)cc2F)cc1C. The molecular weight excluding hydrogens is 470 g/mol. The molecular formula is C26H20F2N4O2S. The van der Waals surface area contributed by atoms with Gasteiger partial charge in [-0.05, 0) is 67.4 Å². The second kappa shape index (κ2) is 9.27. The highest BCUT2D eigenvalue weighted by Crippen LogP contribution is 2.33. The molecule has 0 unspecified atom stereocenters. The summed E-state index contributed by atoms with van der Waals surface area (Å²) >= 11 is 1.37. The number of thiazole rings is 1. The van der Waals surface area contributed by atoms with Crippen LogP contribution in [0.15, 0.2) is 70.1 Å². The van der Waals surface area contributed by atoms with Crippen LogP contribution in [0.3, 0.4) is 0 Å². The van der Waals surface area contributed by atoms with Crippen LogP contribution in [0.2, 0.25) is 0 Å². The van der Waals surface area contributed by atoms with Crippen LogP contribution in [0.5, 0.6) is 5.75 Å². The van der Waals surface area contributed by atoms with E-state index in [4.69, 9.17) is 9.73 Å². The van der Waals surface area contributed by atoms with Crippen LogP contribution in [-0.2, 0) is 4.79 Å². The average molecular weight is 491 g/mol. The number of hydrogen-bond donors (Lipinski definition) is 1. The summed E-state index contributed by atoms with van der Waals surface area (Å²) in [6, 6.07) is 14.6. The lowest BCUT2D eigenvalue weighted by molar-refractivity contribution is -0.118. The van der Waals surface area contributed by atoms with Crippen molar-refractivity contribution in [2.45, 2.75) is 13.8 Å². The van der Waals surface area contributed by atoms with E-state index in [1.54, 1.807) is 16.8 Å². The number of hydrogen-bond acceptors (Lipinski definition) is 5. The molecule has 0 fully saturated rings. The molecule has 0 bridgehead atoms. The van der Waals surface area contributed by atoms with Crippen molar-refractivity contribution in [1.29, 1.82) is 0 Å². The predicted molar refractivity (Wildman–Crippen MR) is 132 cm³/mol. The molecule has 1 amide bonds. The molecule has 1 aromatic heterocycles. The molecule has 9 heteroatoms. The van der Waals surface area contributed by atoms with E-state index in [0.29, 0.717) is 21.9 Å². The number of nitrogens with one attached hydrogen (secondary N) is 1. The molecule has 1 aliphatic heterocycles. The molecule has 176 valence electrons. The maximum Gasteiger partial charge on any atom is 0.262 e. The van der Waals surface area contributed by atoms with Gasteiger partial charge in [-0.2, -0.15) is 5.10 Å². The van der Waals surface area contributed by atoms with E-state index >= 15 is 0 Å². The summed E-state index contributed by atoms with van der Waals surface area (Å²) < 4.78 is 34.6. The lowest BCUT2D eigenvalue weighted by Crippen LogP contribution is -2.25. The Kier molecular flexibility index (Phi) is 6.00. The van der Waals surface area contributed by atoms with Crippen molar-refractivity contribution < 1.29 is 18.3 Å². The van der Waals surface area contributed by atoms with Gasteiger partial charge in [-0.1, -0.05) is 6.07 Å². The second-order valence-electron chi connectivity index (χ2n) is 8.05. The molecule has 35 heavy (non-hydrogen) atoms. The minimum atomic E-state index is -0.715. The van der Waals surface area contributed by atoms with E-state index in [0.717, 1.165) is 28.4 Å². The first kappa shape index (κ1) is 22.7. The Morgan fingerprint density at radius 2 is 1.91 bits per heavy atom. The van der Waals surface area contributed by atoms with E-state index in [1.165, 1.54) is 29.7 Å². The van der Waals surface area contributed by atoms with Crippen LogP contribution in [0.4, 0.5) is 20.2 Å². The summed E-state index contributed by atoms with van der Waals surface area (Å²) in [5.41, 5.74) is 5.15. The summed E-state index contributed by atoms with van der Waals surface area (Å²) in [5.74, 6) is -1.03. The van der Waals surface area contributed by atoms with Gasteiger partial charge in [0.15, 0.2) is 6.61 Å². The Morgan fingerprint density at radius 1 is 1.06 bits per heavy atom. The second-order valence-corrected chi connectivity index (χ2v) is 8.89. The minimum absolute atomic E-state index is 0.0304. The molecule has 0 atom stereocenters. The van der Waals surface area contributed by atoms with Gasteiger partial charge in [0, 0.05) is 22.6 Å². The standard InChI is InChI=1S/C26H20F2N4O2S/c1-15-3-7-20(9-16(15)2)30-26-32(29-12-18-4-6-19(27)11-21(18)28)23(14-35-26)17-5-8-24-22(10-17)31-25(33)13-34-24/h3-12,14H,13H2,1-2H3,(H,31,33). The van der Waals surface area contributed by atoms with E-state index in [2.05, 4.69) is 10.4 Å². The number of benzene rings is 3. The molecule has 0 saturated carbocycles. The quantitative estimate of drug-likeness (QED) is 0.381. The third-order valence-corrected chi connectivity index (χ3v) is 6.40. The Balaban J connectivity index is 1.64. The largest absolute Gasteiger partial charge is 0.482 e. The Morgan fingerprint density at radius 3 is 2.71 bits per heavy atom. The summed E-state index contributed by atoms with van der Waals surface area (Å²) in [4.78, 5) is 17.1. The molecule has 0 saturated heterocycles. The van der Waals surface area contributed by atoms with Crippen molar-refractivity contribution in [3.05, 3.63) is 93.1 Å². The fourth-order valence-corrected chi connectivity index (χ4v) is 4.42. The van der Waals surface area contributed by atoms with E-state index in [9.17, 15) is 13.6 Å². The fraction of sp³-hybridized carbons (Fsp3) is 0.115. The maximum atomic E-state index is 14.2. The number of amides is 1. The number of anilines is 1. The van der Waals surface area contributed by atoms with Crippen LogP contribution >= 0.6 is 11.3 Å². The topological polar surface area (TPSA) is 68.0 Å². The zero-order chi connectivity index (χ0) is 24.5. The molecule has 2 heterocycles. The molecule has 5 rings (SSSR count). The molecule has 0 aliphatic carbocycles. The lowest BCUT2D eigenvalue weighted by atomic mass is 10.1. The zero-order valence-electron chi connectivity index (χ0n) is 18.9. The van der Waals surface area contributed by atoms with Crippen molar-refractivity contribution in [3.8, 4) is 17.0 Å². The van der Waals surface area contributed by atoms with E-state index in [-0.39, 0.29) is 18.1 Å². The summed E-state index contributed by atoms with van der Waals surface area (Å²) in [5, 5.41) is 9.18. The van der Waals surface area contributed by atoms with Crippen LogP contribution < -0.4 is 14.9 Å². The first-order chi connectivity index (χ1) is 16.9. The Hall–Kier alpha value is -4.11. The average Bonchev–Trinajstić information content (AvgIpc) is 3.22. The number of carbonyl (C=O) groups is 1. The number of rotatable bonds is 4. The molecule has 0 spiro atoms. The number of fused-ring (bicyclic) bond motifs is 1. The number of halogens is 2. The third-order valence-electron chi connectivity index (χ3n) is 5.58. The van der Waals surface area contributed by atoms with Gasteiger partial charge in [0.2, 0.25) is 4.80 Å². The predicted octanol–water partition coefficient (Wildman–Crippen LogP) is 5.56. The summed E-state index contributed by atoms with van der Waals surface area (Å²) in [6.07, 6.45) is 1.33.